The van der Waals surface area contributed by atoms with Crippen LogP contribution in [0, 0.1) is 6.92 Å². The first-order valence-corrected chi connectivity index (χ1v) is 5.97. The highest BCUT2D eigenvalue weighted by Gasteiger charge is 2.25. The summed E-state index contributed by atoms with van der Waals surface area (Å²) in [6.07, 6.45) is 2.87. The molecule has 0 radical (unpaired) electrons. The highest BCUT2D eigenvalue weighted by molar-refractivity contribution is 7.11. The zero-order chi connectivity index (χ0) is 10.8. The van der Waals surface area contributed by atoms with Crippen LogP contribution >= 0.6 is 11.3 Å². The summed E-state index contributed by atoms with van der Waals surface area (Å²) >= 11 is 1.66. The summed E-state index contributed by atoms with van der Waals surface area (Å²) in [5, 5.41) is 3.87. The van der Waals surface area contributed by atoms with Gasteiger partial charge in [-0.15, -0.1) is 11.3 Å². The molecule has 15 heavy (non-hydrogen) atoms. The van der Waals surface area contributed by atoms with E-state index in [1.807, 2.05) is 24.9 Å². The fourth-order valence-electron chi connectivity index (χ4n) is 1.72. The molecule has 0 spiro atoms. The van der Waals surface area contributed by atoms with E-state index in [0.29, 0.717) is 0 Å². The summed E-state index contributed by atoms with van der Waals surface area (Å²) < 4.78 is 0. The van der Waals surface area contributed by atoms with Crippen molar-refractivity contribution in [2.75, 3.05) is 13.1 Å². The summed E-state index contributed by atoms with van der Waals surface area (Å²) in [5.41, 5.74) is 0. The third kappa shape index (κ3) is 2.12. The normalized spacial score (nSPS) is 18.8. The lowest BCUT2D eigenvalue weighted by molar-refractivity contribution is 0.166. The van der Waals surface area contributed by atoms with Gasteiger partial charge >= 0.3 is 6.03 Å². The maximum absolute atomic E-state index is 11.6. The van der Waals surface area contributed by atoms with Crippen molar-refractivity contribution in [1.29, 1.82) is 0 Å². The molecule has 1 atom stereocenters. The Morgan fingerprint density at radius 1 is 1.67 bits per heavy atom. The lowest BCUT2D eigenvalue weighted by atomic mass is 10.2. The summed E-state index contributed by atoms with van der Waals surface area (Å²) in [7, 11) is 0. The molecule has 0 aromatic carbocycles. The van der Waals surface area contributed by atoms with Crippen molar-refractivity contribution in [2.24, 2.45) is 0 Å². The molecule has 0 aliphatic carbocycles. The van der Waals surface area contributed by atoms with E-state index >= 15 is 0 Å². The van der Waals surface area contributed by atoms with Crippen molar-refractivity contribution < 1.29 is 4.79 Å². The van der Waals surface area contributed by atoms with Gasteiger partial charge in [0, 0.05) is 24.2 Å². The number of hydrogen-bond donors (Lipinski definition) is 1. The first-order valence-electron chi connectivity index (χ1n) is 5.15. The molecule has 0 bridgehead atoms. The third-order valence-electron chi connectivity index (χ3n) is 2.58. The lowest BCUT2D eigenvalue weighted by Gasteiger charge is -2.31. The first-order chi connectivity index (χ1) is 7.18. The Morgan fingerprint density at radius 3 is 3.07 bits per heavy atom. The van der Waals surface area contributed by atoms with Gasteiger partial charge < -0.3 is 10.2 Å². The van der Waals surface area contributed by atoms with E-state index < -0.39 is 0 Å². The number of nitrogens with zero attached hydrogens (tertiary/aromatic N) is 2. The molecule has 2 amide bonds. The summed E-state index contributed by atoms with van der Waals surface area (Å²) in [6.45, 7) is 5.68. The fraction of sp³-hybridized carbons (Fsp3) is 0.600. The Kier molecular flexibility index (Phi) is 2.90. The zero-order valence-electron chi connectivity index (χ0n) is 8.99. The summed E-state index contributed by atoms with van der Waals surface area (Å²) in [6, 6.07) is 0.116. The van der Waals surface area contributed by atoms with Crippen LogP contribution in [0.3, 0.4) is 0 Å². The number of aromatic nitrogens is 1. The number of aryl methyl sites for hydroxylation is 1. The molecule has 5 heteroatoms. The molecule has 82 valence electrons. The highest BCUT2D eigenvalue weighted by Crippen LogP contribution is 2.25. The Hall–Kier alpha value is -1.10. The molecule has 0 saturated carbocycles. The number of urea groups is 1. The van der Waals surface area contributed by atoms with Gasteiger partial charge in [-0.05, 0) is 20.3 Å². The van der Waals surface area contributed by atoms with Crippen molar-refractivity contribution in [1.82, 2.24) is 15.2 Å². The van der Waals surface area contributed by atoms with Gasteiger partial charge in [-0.3, -0.25) is 0 Å². The van der Waals surface area contributed by atoms with Crippen molar-refractivity contribution >= 4 is 17.4 Å². The molecular formula is C10H15N3OS. The molecule has 1 fully saturated rings. The number of rotatable bonds is 2. The second kappa shape index (κ2) is 4.18. The van der Waals surface area contributed by atoms with E-state index in [0.717, 1.165) is 24.5 Å². The van der Waals surface area contributed by atoms with Crippen molar-refractivity contribution in [3.63, 3.8) is 0 Å². The average molecular weight is 225 g/mol. The van der Waals surface area contributed by atoms with Crippen molar-refractivity contribution in [2.45, 2.75) is 26.3 Å². The van der Waals surface area contributed by atoms with Crippen LogP contribution in [0.1, 0.15) is 29.3 Å². The molecule has 1 aromatic rings. The van der Waals surface area contributed by atoms with Crippen LogP contribution in [0.5, 0.6) is 0 Å². The van der Waals surface area contributed by atoms with E-state index in [2.05, 4.69) is 10.3 Å². The Morgan fingerprint density at radius 2 is 2.47 bits per heavy atom. The molecule has 1 N–H and O–H groups in total. The number of thiazole rings is 1. The van der Waals surface area contributed by atoms with Gasteiger partial charge in [-0.2, -0.15) is 0 Å². The maximum Gasteiger partial charge on any atom is 0.317 e. The van der Waals surface area contributed by atoms with E-state index in [1.54, 1.807) is 11.3 Å². The third-order valence-corrected chi connectivity index (χ3v) is 3.66. The monoisotopic (exact) mass is 225 g/mol. The topological polar surface area (TPSA) is 45.2 Å². The second-order valence-corrected chi connectivity index (χ2v) is 5.03. The largest absolute Gasteiger partial charge is 0.338 e. The minimum absolute atomic E-state index is 0.0293. The molecule has 2 rings (SSSR count). The van der Waals surface area contributed by atoms with Gasteiger partial charge in [0.2, 0.25) is 0 Å². The van der Waals surface area contributed by atoms with E-state index in [-0.39, 0.29) is 12.1 Å². The first kappa shape index (κ1) is 10.4. The SMILES string of the molecule is Cc1cnc(C(C)N2CCCNC2=O)s1. The zero-order valence-corrected chi connectivity index (χ0v) is 9.80. The molecule has 2 heterocycles. The van der Waals surface area contributed by atoms with Crippen LogP contribution in [-0.2, 0) is 0 Å². The minimum atomic E-state index is 0.0293. The minimum Gasteiger partial charge on any atom is -0.338 e. The number of hydrogen-bond acceptors (Lipinski definition) is 3. The molecule has 1 aliphatic rings. The fourth-order valence-corrected chi connectivity index (χ4v) is 2.55. The molecule has 4 nitrogen and oxygen atoms in total. The number of carbonyl (C=O) groups is 1. The van der Waals surface area contributed by atoms with E-state index in [9.17, 15) is 4.79 Å². The van der Waals surface area contributed by atoms with Crippen molar-refractivity contribution in [3.05, 3.63) is 16.1 Å². The molecule has 1 unspecified atom stereocenters. The summed E-state index contributed by atoms with van der Waals surface area (Å²) in [5.74, 6) is 0. The van der Waals surface area contributed by atoms with E-state index in [1.165, 1.54) is 4.88 Å². The predicted molar refractivity (Wildman–Crippen MR) is 60.0 cm³/mol. The Labute approximate surface area is 93.3 Å². The Bertz CT molecular complexity index is 363. The van der Waals surface area contributed by atoms with E-state index in [4.69, 9.17) is 0 Å². The van der Waals surface area contributed by atoms with Crippen LogP contribution in [0.25, 0.3) is 0 Å². The molecule has 1 saturated heterocycles. The molecule has 1 aliphatic heterocycles. The number of carbonyl (C=O) groups excluding carboxylic acids is 1. The van der Waals surface area contributed by atoms with Crippen LogP contribution in [0.4, 0.5) is 4.79 Å². The van der Waals surface area contributed by atoms with Gasteiger partial charge in [-0.1, -0.05) is 0 Å². The van der Waals surface area contributed by atoms with Gasteiger partial charge in [0.25, 0.3) is 0 Å². The molecular weight excluding hydrogens is 210 g/mol. The smallest absolute Gasteiger partial charge is 0.317 e. The van der Waals surface area contributed by atoms with Crippen LogP contribution in [0.15, 0.2) is 6.20 Å². The van der Waals surface area contributed by atoms with Crippen LogP contribution in [0.2, 0.25) is 0 Å². The predicted octanol–water partition coefficient (Wildman–Crippen LogP) is 1.93. The standard InChI is InChI=1S/C10H15N3OS/c1-7-6-12-9(15-7)8(2)13-5-3-4-11-10(13)14/h6,8H,3-5H2,1-2H3,(H,11,14). The van der Waals surface area contributed by atoms with Crippen molar-refractivity contribution in [3.8, 4) is 0 Å². The number of amides is 2. The highest BCUT2D eigenvalue weighted by atomic mass is 32.1. The van der Waals surface area contributed by atoms with Crippen LogP contribution in [-0.4, -0.2) is 29.0 Å². The average Bonchev–Trinajstić information content (AvgIpc) is 2.65. The quantitative estimate of drug-likeness (QED) is 0.836. The molecule has 1 aromatic heterocycles. The Balaban J connectivity index is 2.12. The summed E-state index contributed by atoms with van der Waals surface area (Å²) in [4.78, 5) is 19.0. The maximum atomic E-state index is 11.6. The van der Waals surface area contributed by atoms with Gasteiger partial charge in [0.05, 0.1) is 6.04 Å². The van der Waals surface area contributed by atoms with Crippen LogP contribution < -0.4 is 5.32 Å². The van der Waals surface area contributed by atoms with Gasteiger partial charge in [0.1, 0.15) is 5.01 Å². The number of nitrogens with one attached hydrogen (secondary N) is 1. The van der Waals surface area contributed by atoms with Gasteiger partial charge in [0.15, 0.2) is 0 Å². The van der Waals surface area contributed by atoms with Gasteiger partial charge in [-0.25, -0.2) is 9.78 Å². The lowest BCUT2D eigenvalue weighted by Crippen LogP contribution is -2.47. The second-order valence-electron chi connectivity index (χ2n) is 3.76.